The van der Waals surface area contributed by atoms with E-state index in [1.807, 2.05) is 4.57 Å². The number of rotatable bonds is 3. The number of nitrogens with two attached hydrogens (primary N) is 1. The minimum absolute atomic E-state index is 0.0617. The van der Waals surface area contributed by atoms with Crippen LogP contribution in [0.4, 0.5) is 10.2 Å². The first-order valence-electron chi connectivity index (χ1n) is 8.84. The van der Waals surface area contributed by atoms with Crippen LogP contribution >= 0.6 is 23.1 Å². The number of hydrogen-bond donors (Lipinski definition) is 2. The molecule has 3 N–H and O–H groups in total. The summed E-state index contributed by atoms with van der Waals surface area (Å²) >= 11 is 7.45. The van der Waals surface area contributed by atoms with Gasteiger partial charge in [-0.3, -0.25) is 14.0 Å². The molecule has 3 aromatic rings. The Morgan fingerprint density at radius 1 is 1.37 bits per heavy atom. The molecule has 10 heteroatoms. The van der Waals surface area contributed by atoms with Crippen molar-refractivity contribution in [3.8, 4) is 0 Å². The standard InChI is InChI=1S/C17H17ClFN5O2S/c18-10-6-23(5-7(10)4-20)15-11(19)3-9-13(25)12-16(26)22-27-17(12)24(8-1-2-8)14(9)21-15/h3,7-8,10H,1-2,4-6,20H2,(H,22,26). The molecule has 3 aromatic heterocycles. The van der Waals surface area contributed by atoms with Crippen LogP contribution in [0.2, 0.25) is 0 Å². The minimum Gasteiger partial charge on any atom is -0.352 e. The summed E-state index contributed by atoms with van der Waals surface area (Å²) in [5.74, 6) is -0.346. The number of fused-ring (bicyclic) bond motifs is 2. The van der Waals surface area contributed by atoms with Gasteiger partial charge in [-0.15, -0.1) is 11.6 Å². The number of alkyl halides is 1. The average Bonchev–Trinajstić information content (AvgIpc) is 3.30. The molecule has 1 saturated carbocycles. The van der Waals surface area contributed by atoms with Crippen LogP contribution in [-0.4, -0.2) is 38.9 Å². The summed E-state index contributed by atoms with van der Waals surface area (Å²) < 4.78 is 19.4. The fourth-order valence-corrected chi connectivity index (χ4v) is 5.10. The molecule has 0 amide bonds. The number of halogens is 2. The number of anilines is 1. The molecule has 0 bridgehead atoms. The van der Waals surface area contributed by atoms with E-state index < -0.39 is 16.8 Å². The normalized spacial score (nSPS) is 23.0. The fourth-order valence-electron chi connectivity index (χ4n) is 3.84. The summed E-state index contributed by atoms with van der Waals surface area (Å²) in [5.41, 5.74) is 5.26. The lowest BCUT2D eigenvalue weighted by Gasteiger charge is -2.19. The fraction of sp³-hybridized carbons (Fsp3) is 0.471. The highest BCUT2D eigenvalue weighted by atomic mass is 35.5. The molecular formula is C17H17ClFN5O2S. The molecule has 2 atom stereocenters. The van der Waals surface area contributed by atoms with Gasteiger partial charge in [0.1, 0.15) is 15.9 Å². The first kappa shape index (κ1) is 17.2. The van der Waals surface area contributed by atoms with Crippen molar-refractivity contribution in [2.24, 2.45) is 11.7 Å². The van der Waals surface area contributed by atoms with E-state index in [1.165, 1.54) is 6.07 Å². The van der Waals surface area contributed by atoms with Crippen molar-refractivity contribution in [2.75, 3.05) is 24.5 Å². The van der Waals surface area contributed by atoms with Gasteiger partial charge in [-0.25, -0.2) is 9.37 Å². The predicted octanol–water partition coefficient (Wildman–Crippen LogP) is 1.78. The number of pyridine rings is 2. The number of nitrogens with one attached hydrogen (secondary N) is 1. The number of nitrogens with zero attached hydrogens (tertiary/aromatic N) is 3. The topological polar surface area (TPSA) is 97.0 Å². The van der Waals surface area contributed by atoms with Crippen LogP contribution in [0.5, 0.6) is 0 Å². The monoisotopic (exact) mass is 409 g/mol. The number of aromatic amines is 1. The molecule has 2 aliphatic rings. The van der Waals surface area contributed by atoms with Crippen molar-refractivity contribution in [3.05, 3.63) is 32.5 Å². The maximum absolute atomic E-state index is 14.9. The molecule has 142 valence electrons. The Kier molecular flexibility index (Phi) is 3.82. The third kappa shape index (κ3) is 2.52. The van der Waals surface area contributed by atoms with E-state index in [0.717, 1.165) is 24.4 Å². The van der Waals surface area contributed by atoms with Crippen molar-refractivity contribution >= 4 is 50.2 Å². The van der Waals surface area contributed by atoms with Gasteiger partial charge in [0.2, 0.25) is 5.43 Å². The lowest BCUT2D eigenvalue weighted by molar-refractivity contribution is 0.598. The van der Waals surface area contributed by atoms with Crippen LogP contribution in [0.25, 0.3) is 21.3 Å². The maximum atomic E-state index is 14.9. The van der Waals surface area contributed by atoms with Crippen LogP contribution in [0.3, 0.4) is 0 Å². The van der Waals surface area contributed by atoms with Gasteiger partial charge in [0.15, 0.2) is 11.6 Å². The first-order valence-corrected chi connectivity index (χ1v) is 10.1. The van der Waals surface area contributed by atoms with Crippen LogP contribution in [0, 0.1) is 11.7 Å². The Bertz CT molecular complexity index is 1180. The van der Waals surface area contributed by atoms with Crippen molar-refractivity contribution in [1.82, 2.24) is 13.9 Å². The molecule has 4 heterocycles. The molecule has 1 aliphatic carbocycles. The van der Waals surface area contributed by atoms with Gasteiger partial charge in [0.05, 0.1) is 10.8 Å². The molecular weight excluding hydrogens is 393 g/mol. The first-order chi connectivity index (χ1) is 13.0. The van der Waals surface area contributed by atoms with Crippen LogP contribution in [0.15, 0.2) is 15.7 Å². The Hall–Kier alpha value is -1.97. The number of aromatic nitrogens is 3. The largest absolute Gasteiger partial charge is 0.352 e. The molecule has 1 aliphatic heterocycles. The quantitative estimate of drug-likeness (QED) is 0.643. The summed E-state index contributed by atoms with van der Waals surface area (Å²) in [6.45, 7) is 1.39. The average molecular weight is 410 g/mol. The Morgan fingerprint density at radius 2 is 2.15 bits per heavy atom. The molecule has 5 rings (SSSR count). The Morgan fingerprint density at radius 3 is 2.81 bits per heavy atom. The van der Waals surface area contributed by atoms with Crippen molar-refractivity contribution < 1.29 is 4.39 Å². The smallest absolute Gasteiger partial charge is 0.271 e. The summed E-state index contributed by atoms with van der Waals surface area (Å²) in [6.07, 6.45) is 1.88. The lowest BCUT2D eigenvalue weighted by atomic mass is 10.1. The van der Waals surface area contributed by atoms with Gasteiger partial charge in [-0.1, -0.05) is 0 Å². The zero-order valence-corrected chi connectivity index (χ0v) is 15.8. The lowest BCUT2D eigenvalue weighted by Crippen LogP contribution is -2.25. The van der Waals surface area contributed by atoms with E-state index in [1.54, 1.807) is 4.90 Å². The third-order valence-corrected chi connectivity index (χ3v) is 6.79. The van der Waals surface area contributed by atoms with E-state index in [2.05, 4.69) is 9.36 Å². The highest BCUT2D eigenvalue weighted by molar-refractivity contribution is 7.12. The van der Waals surface area contributed by atoms with Crippen molar-refractivity contribution in [2.45, 2.75) is 24.3 Å². The molecule has 1 saturated heterocycles. The van der Waals surface area contributed by atoms with E-state index >= 15 is 0 Å². The van der Waals surface area contributed by atoms with Crippen molar-refractivity contribution in [3.63, 3.8) is 0 Å². The highest BCUT2D eigenvalue weighted by Crippen LogP contribution is 2.40. The van der Waals surface area contributed by atoms with Gasteiger partial charge < -0.3 is 15.2 Å². The molecule has 2 fully saturated rings. The van der Waals surface area contributed by atoms with Gasteiger partial charge in [0.25, 0.3) is 5.56 Å². The zero-order chi connectivity index (χ0) is 18.9. The molecule has 0 aromatic carbocycles. The SMILES string of the molecule is NCC1CN(c2nc3c(cc2F)c(=O)c2c(=O)[nH]sc2n3C2CC2)CC1Cl. The maximum Gasteiger partial charge on any atom is 0.271 e. The summed E-state index contributed by atoms with van der Waals surface area (Å²) in [6, 6.07) is 1.37. The van der Waals surface area contributed by atoms with Gasteiger partial charge in [0, 0.05) is 25.0 Å². The second-order valence-electron chi connectivity index (χ2n) is 7.23. The molecule has 0 radical (unpaired) electrons. The molecule has 2 unspecified atom stereocenters. The van der Waals surface area contributed by atoms with Crippen LogP contribution < -0.4 is 21.6 Å². The molecule has 7 nitrogen and oxygen atoms in total. The van der Waals surface area contributed by atoms with Crippen molar-refractivity contribution in [1.29, 1.82) is 0 Å². The number of H-pyrrole nitrogens is 1. The Labute approximate surface area is 161 Å². The molecule has 27 heavy (non-hydrogen) atoms. The molecule has 0 spiro atoms. The van der Waals surface area contributed by atoms with Gasteiger partial charge in [-0.05, 0) is 37.0 Å². The predicted molar refractivity (Wildman–Crippen MR) is 105 cm³/mol. The van der Waals surface area contributed by atoms with Gasteiger partial charge >= 0.3 is 0 Å². The Balaban J connectivity index is 1.78. The second kappa shape index (κ2) is 6.02. The third-order valence-electron chi connectivity index (χ3n) is 5.41. The van der Waals surface area contributed by atoms with Gasteiger partial charge in [-0.2, -0.15) is 0 Å². The van der Waals surface area contributed by atoms with E-state index in [4.69, 9.17) is 17.3 Å². The number of hydrogen-bond acceptors (Lipinski definition) is 6. The van der Waals surface area contributed by atoms with E-state index in [0.29, 0.717) is 30.1 Å². The van der Waals surface area contributed by atoms with Crippen LogP contribution in [-0.2, 0) is 0 Å². The van der Waals surface area contributed by atoms with Crippen LogP contribution in [0.1, 0.15) is 18.9 Å². The summed E-state index contributed by atoms with van der Waals surface area (Å²) in [7, 11) is 0. The summed E-state index contributed by atoms with van der Waals surface area (Å²) in [4.78, 5) is 31.8. The summed E-state index contributed by atoms with van der Waals surface area (Å²) in [5, 5.41) is 0.0463. The second-order valence-corrected chi connectivity index (χ2v) is 8.58. The van der Waals surface area contributed by atoms with E-state index in [-0.39, 0.29) is 33.9 Å². The van der Waals surface area contributed by atoms with E-state index in [9.17, 15) is 14.0 Å². The zero-order valence-electron chi connectivity index (χ0n) is 14.2. The minimum atomic E-state index is -0.588. The highest BCUT2D eigenvalue weighted by Gasteiger charge is 2.34.